The number of ether oxygens (including phenoxy) is 2. The van der Waals surface area contributed by atoms with E-state index in [4.69, 9.17) is 13.7 Å². The second-order valence-electron chi connectivity index (χ2n) is 5.07. The molecule has 0 heterocycles. The van der Waals surface area contributed by atoms with E-state index in [1.807, 2.05) is 13.8 Å². The van der Waals surface area contributed by atoms with E-state index in [-0.39, 0.29) is 24.7 Å². The van der Waals surface area contributed by atoms with Crippen LogP contribution in [0.5, 0.6) is 0 Å². The Balaban J connectivity index is 2.17. The zero-order chi connectivity index (χ0) is 17.1. The van der Waals surface area contributed by atoms with E-state index in [1.165, 1.54) is 12.1 Å². The van der Waals surface area contributed by atoms with E-state index < -0.39 is 16.1 Å². The lowest BCUT2D eigenvalue weighted by Gasteiger charge is -2.07. The lowest BCUT2D eigenvalue weighted by Crippen LogP contribution is -2.15. The van der Waals surface area contributed by atoms with Crippen LogP contribution in [0.2, 0.25) is 0 Å². The summed E-state index contributed by atoms with van der Waals surface area (Å²) in [6.45, 7) is 4.38. The molecular formula is C16H24O6S. The van der Waals surface area contributed by atoms with Gasteiger partial charge < -0.3 is 9.47 Å². The van der Waals surface area contributed by atoms with Crippen molar-refractivity contribution in [1.82, 2.24) is 0 Å². The van der Waals surface area contributed by atoms with Gasteiger partial charge in [-0.3, -0.25) is 4.18 Å². The first-order valence-electron chi connectivity index (χ1n) is 7.65. The van der Waals surface area contributed by atoms with Gasteiger partial charge >= 0.3 is 5.97 Å². The summed E-state index contributed by atoms with van der Waals surface area (Å²) in [6.07, 6.45) is 2.16. The number of carbonyl (C=O) groups excluding carboxylic acids is 1. The third kappa shape index (κ3) is 8.11. The predicted octanol–water partition coefficient (Wildman–Crippen LogP) is 2.45. The summed E-state index contributed by atoms with van der Waals surface area (Å²) < 4.78 is 38.7. The molecule has 1 rings (SSSR count). The Morgan fingerprint density at radius 1 is 1.04 bits per heavy atom. The van der Waals surface area contributed by atoms with Gasteiger partial charge in [0.05, 0.1) is 18.1 Å². The average Bonchev–Trinajstić information content (AvgIpc) is 2.51. The van der Waals surface area contributed by atoms with Gasteiger partial charge in [0.25, 0.3) is 10.1 Å². The van der Waals surface area contributed by atoms with Crippen LogP contribution in [0.4, 0.5) is 0 Å². The Morgan fingerprint density at radius 3 is 2.39 bits per heavy atom. The number of hydrogen-bond acceptors (Lipinski definition) is 6. The summed E-state index contributed by atoms with van der Waals surface area (Å²) in [4.78, 5) is 11.4. The first-order valence-corrected chi connectivity index (χ1v) is 9.06. The number of rotatable bonds is 11. The Kier molecular flexibility index (Phi) is 8.83. The smallest absolute Gasteiger partial charge is 0.332 e. The number of hydrogen-bond donors (Lipinski definition) is 0. The van der Waals surface area contributed by atoms with E-state index in [2.05, 4.69) is 0 Å². The van der Waals surface area contributed by atoms with Crippen LogP contribution >= 0.6 is 0 Å². The van der Waals surface area contributed by atoms with Gasteiger partial charge in [-0.1, -0.05) is 31.0 Å². The average molecular weight is 344 g/mol. The Hall–Kier alpha value is -1.44. The second kappa shape index (κ2) is 10.4. The molecule has 0 atom stereocenters. The van der Waals surface area contributed by atoms with E-state index in [0.717, 1.165) is 18.4 Å². The minimum absolute atomic E-state index is 0.00108. The highest BCUT2D eigenvalue weighted by atomic mass is 32.2. The molecule has 0 aromatic heterocycles. The Bertz CT molecular complexity index is 565. The Labute approximate surface area is 137 Å². The molecule has 0 spiro atoms. The fraction of sp³-hybridized carbons (Fsp3) is 0.562. The molecule has 1 aromatic carbocycles. The van der Waals surface area contributed by atoms with Crippen LogP contribution in [0.25, 0.3) is 0 Å². The molecule has 0 aliphatic heterocycles. The molecule has 0 N–H and O–H groups in total. The standard InChI is InChI=1S/C16H24O6S/c1-3-4-11-21-16(17)13-20-10-5-12-22-23(18,19)15-8-6-14(2)7-9-15/h6-9H,3-5,10-13H2,1-2H3. The zero-order valence-electron chi connectivity index (χ0n) is 13.6. The molecule has 0 aliphatic carbocycles. The zero-order valence-corrected chi connectivity index (χ0v) is 14.4. The molecule has 0 unspecified atom stereocenters. The molecule has 7 heteroatoms. The van der Waals surface area contributed by atoms with E-state index in [0.29, 0.717) is 13.0 Å². The monoisotopic (exact) mass is 344 g/mol. The molecule has 130 valence electrons. The molecular weight excluding hydrogens is 320 g/mol. The summed E-state index contributed by atoms with van der Waals surface area (Å²) in [5, 5.41) is 0. The van der Waals surface area contributed by atoms with Gasteiger partial charge in [-0.15, -0.1) is 0 Å². The second-order valence-corrected chi connectivity index (χ2v) is 6.68. The summed E-state index contributed by atoms with van der Waals surface area (Å²) in [5.41, 5.74) is 0.975. The summed E-state index contributed by atoms with van der Waals surface area (Å²) >= 11 is 0. The van der Waals surface area contributed by atoms with Gasteiger partial charge in [-0.2, -0.15) is 8.42 Å². The van der Waals surface area contributed by atoms with Crippen LogP contribution in [0.1, 0.15) is 31.7 Å². The van der Waals surface area contributed by atoms with Crippen LogP contribution in [-0.2, 0) is 28.6 Å². The maximum absolute atomic E-state index is 11.9. The van der Waals surface area contributed by atoms with Crippen LogP contribution in [0, 0.1) is 6.92 Å². The van der Waals surface area contributed by atoms with Gasteiger partial charge in [0.1, 0.15) is 6.61 Å². The van der Waals surface area contributed by atoms with Crippen molar-refractivity contribution in [2.45, 2.75) is 38.0 Å². The highest BCUT2D eigenvalue weighted by molar-refractivity contribution is 7.86. The van der Waals surface area contributed by atoms with Crippen LogP contribution in [0.15, 0.2) is 29.2 Å². The van der Waals surface area contributed by atoms with E-state index >= 15 is 0 Å². The quantitative estimate of drug-likeness (QED) is 0.348. The van der Waals surface area contributed by atoms with Crippen LogP contribution < -0.4 is 0 Å². The molecule has 6 nitrogen and oxygen atoms in total. The maximum Gasteiger partial charge on any atom is 0.332 e. The lowest BCUT2D eigenvalue weighted by atomic mass is 10.2. The van der Waals surface area contributed by atoms with Crippen molar-refractivity contribution in [2.75, 3.05) is 26.4 Å². The largest absolute Gasteiger partial charge is 0.464 e. The SMILES string of the molecule is CCCCOC(=O)COCCCOS(=O)(=O)c1ccc(C)cc1. The fourth-order valence-corrected chi connectivity index (χ4v) is 2.57. The van der Waals surface area contributed by atoms with Crippen LogP contribution in [-0.4, -0.2) is 40.8 Å². The number of benzene rings is 1. The summed E-state index contributed by atoms with van der Waals surface area (Å²) in [6, 6.07) is 6.44. The molecule has 0 bridgehead atoms. The van der Waals surface area contributed by atoms with Crippen molar-refractivity contribution in [3.05, 3.63) is 29.8 Å². The van der Waals surface area contributed by atoms with Crippen molar-refractivity contribution >= 4 is 16.1 Å². The first-order chi connectivity index (χ1) is 11.0. The molecule has 0 fully saturated rings. The number of carbonyl (C=O) groups is 1. The van der Waals surface area contributed by atoms with E-state index in [9.17, 15) is 13.2 Å². The van der Waals surface area contributed by atoms with Gasteiger partial charge in [-0.05, 0) is 31.9 Å². The van der Waals surface area contributed by atoms with Crippen LogP contribution in [0.3, 0.4) is 0 Å². The molecule has 0 aliphatic rings. The lowest BCUT2D eigenvalue weighted by molar-refractivity contribution is -0.149. The van der Waals surface area contributed by atoms with Crippen molar-refractivity contribution in [2.24, 2.45) is 0 Å². The van der Waals surface area contributed by atoms with Crippen molar-refractivity contribution in [3.8, 4) is 0 Å². The summed E-state index contributed by atoms with van der Waals surface area (Å²) in [5.74, 6) is -0.411. The first kappa shape index (κ1) is 19.6. The topological polar surface area (TPSA) is 78.9 Å². The van der Waals surface area contributed by atoms with Gasteiger partial charge in [0.15, 0.2) is 0 Å². The number of unbranched alkanes of at least 4 members (excludes halogenated alkanes) is 1. The maximum atomic E-state index is 11.9. The minimum Gasteiger partial charge on any atom is -0.464 e. The molecule has 0 amide bonds. The summed E-state index contributed by atoms with van der Waals surface area (Å²) in [7, 11) is -3.74. The van der Waals surface area contributed by atoms with Crippen molar-refractivity contribution in [3.63, 3.8) is 0 Å². The molecule has 0 radical (unpaired) electrons. The van der Waals surface area contributed by atoms with Crippen molar-refractivity contribution in [1.29, 1.82) is 0 Å². The molecule has 1 aromatic rings. The van der Waals surface area contributed by atoms with Gasteiger partial charge in [-0.25, -0.2) is 4.79 Å². The van der Waals surface area contributed by atoms with Gasteiger partial charge in [0, 0.05) is 6.61 Å². The third-order valence-electron chi connectivity index (χ3n) is 2.96. The molecule has 23 heavy (non-hydrogen) atoms. The number of esters is 1. The molecule has 0 saturated carbocycles. The molecule has 0 saturated heterocycles. The predicted molar refractivity (Wildman–Crippen MR) is 85.6 cm³/mol. The minimum atomic E-state index is -3.74. The van der Waals surface area contributed by atoms with Crippen molar-refractivity contribution < 1.29 is 26.9 Å². The number of aryl methyl sites for hydroxylation is 1. The highest BCUT2D eigenvalue weighted by Gasteiger charge is 2.14. The highest BCUT2D eigenvalue weighted by Crippen LogP contribution is 2.13. The Morgan fingerprint density at radius 2 is 1.74 bits per heavy atom. The fourth-order valence-electron chi connectivity index (χ4n) is 1.63. The third-order valence-corrected chi connectivity index (χ3v) is 4.29. The van der Waals surface area contributed by atoms with E-state index in [1.54, 1.807) is 12.1 Å². The van der Waals surface area contributed by atoms with Gasteiger partial charge in [0.2, 0.25) is 0 Å². The normalized spacial score (nSPS) is 11.4.